The fraction of sp³-hybridized carbons (Fsp3) is 0.417. The van der Waals surface area contributed by atoms with Gasteiger partial charge in [0.1, 0.15) is 5.82 Å². The minimum absolute atomic E-state index is 0.242. The van der Waals surface area contributed by atoms with Gasteiger partial charge in [0, 0.05) is 11.1 Å². The summed E-state index contributed by atoms with van der Waals surface area (Å²) in [5.41, 5.74) is 0.901. The van der Waals surface area contributed by atoms with E-state index in [2.05, 4.69) is 0 Å². The van der Waals surface area contributed by atoms with Crippen LogP contribution in [0, 0.1) is 19.7 Å². The summed E-state index contributed by atoms with van der Waals surface area (Å²) in [5.74, 6) is -0.978. The average molecular weight is 242 g/mol. The van der Waals surface area contributed by atoms with Crippen LogP contribution in [0.1, 0.15) is 16.7 Å². The first kappa shape index (κ1) is 13.3. The minimum Gasteiger partial charge on any atom is -0.493 e. The van der Waals surface area contributed by atoms with Crippen molar-refractivity contribution in [3.05, 3.63) is 22.5 Å². The number of carboxylic acids is 1. The molecule has 0 bridgehead atoms. The van der Waals surface area contributed by atoms with Gasteiger partial charge < -0.3 is 14.6 Å². The van der Waals surface area contributed by atoms with Crippen LogP contribution in [0.5, 0.6) is 11.5 Å². The number of hydrogen-bond acceptors (Lipinski definition) is 3. The molecule has 0 saturated carbocycles. The van der Waals surface area contributed by atoms with Crippen LogP contribution in [0.4, 0.5) is 4.39 Å². The summed E-state index contributed by atoms with van der Waals surface area (Å²) < 4.78 is 24.1. The molecule has 0 radical (unpaired) electrons. The Bertz CT molecular complexity index is 455. The highest BCUT2D eigenvalue weighted by atomic mass is 19.1. The van der Waals surface area contributed by atoms with Crippen LogP contribution in [-0.4, -0.2) is 25.3 Å². The van der Waals surface area contributed by atoms with E-state index in [0.29, 0.717) is 11.1 Å². The number of methoxy groups -OCH3 is 2. The lowest BCUT2D eigenvalue weighted by molar-refractivity contribution is -0.136. The number of rotatable bonds is 4. The largest absolute Gasteiger partial charge is 0.493 e. The molecule has 1 N–H and O–H groups in total. The predicted molar refractivity (Wildman–Crippen MR) is 60.3 cm³/mol. The Balaban J connectivity index is 3.55. The first-order valence-electron chi connectivity index (χ1n) is 5.05. The summed E-state index contributed by atoms with van der Waals surface area (Å²) in [6.07, 6.45) is -0.303. The average Bonchev–Trinajstić information content (AvgIpc) is 2.29. The molecule has 1 rings (SSSR count). The molecule has 4 nitrogen and oxygen atoms in total. The molecular weight excluding hydrogens is 227 g/mol. The van der Waals surface area contributed by atoms with Crippen molar-refractivity contribution in [1.82, 2.24) is 0 Å². The van der Waals surface area contributed by atoms with Crippen molar-refractivity contribution < 1.29 is 23.8 Å². The molecule has 0 aromatic heterocycles. The maximum atomic E-state index is 13.9. The Morgan fingerprint density at radius 2 is 1.71 bits per heavy atom. The summed E-state index contributed by atoms with van der Waals surface area (Å²) in [6, 6.07) is 0. The fourth-order valence-corrected chi connectivity index (χ4v) is 1.82. The second-order valence-corrected chi connectivity index (χ2v) is 3.68. The van der Waals surface area contributed by atoms with Gasteiger partial charge in [-0.3, -0.25) is 4.79 Å². The first-order chi connectivity index (χ1) is 7.93. The maximum absolute atomic E-state index is 13.9. The number of benzene rings is 1. The molecule has 0 aliphatic heterocycles. The molecule has 0 unspecified atom stereocenters. The van der Waals surface area contributed by atoms with E-state index in [-0.39, 0.29) is 23.5 Å². The highest BCUT2D eigenvalue weighted by Gasteiger charge is 2.22. The monoisotopic (exact) mass is 242 g/mol. The summed E-state index contributed by atoms with van der Waals surface area (Å²) in [4.78, 5) is 10.8. The Morgan fingerprint density at radius 3 is 2.12 bits per heavy atom. The van der Waals surface area contributed by atoms with E-state index in [0.717, 1.165) is 0 Å². The molecule has 0 aliphatic carbocycles. The van der Waals surface area contributed by atoms with Crippen molar-refractivity contribution in [1.29, 1.82) is 0 Å². The van der Waals surface area contributed by atoms with E-state index < -0.39 is 11.8 Å². The molecule has 5 heteroatoms. The van der Waals surface area contributed by atoms with Crippen LogP contribution >= 0.6 is 0 Å². The molecule has 0 saturated heterocycles. The highest BCUT2D eigenvalue weighted by Crippen LogP contribution is 2.38. The van der Waals surface area contributed by atoms with Gasteiger partial charge in [0.05, 0.1) is 20.6 Å². The maximum Gasteiger partial charge on any atom is 0.307 e. The van der Waals surface area contributed by atoms with Crippen molar-refractivity contribution in [2.45, 2.75) is 20.3 Å². The van der Waals surface area contributed by atoms with E-state index in [4.69, 9.17) is 14.6 Å². The van der Waals surface area contributed by atoms with Gasteiger partial charge in [0.2, 0.25) is 0 Å². The van der Waals surface area contributed by atoms with Crippen LogP contribution in [0.3, 0.4) is 0 Å². The predicted octanol–water partition coefficient (Wildman–Crippen LogP) is 2.09. The van der Waals surface area contributed by atoms with Crippen molar-refractivity contribution >= 4 is 5.97 Å². The van der Waals surface area contributed by atoms with Crippen molar-refractivity contribution in [3.8, 4) is 11.5 Å². The molecule has 0 fully saturated rings. The van der Waals surface area contributed by atoms with Gasteiger partial charge >= 0.3 is 5.97 Å². The third kappa shape index (κ3) is 2.33. The summed E-state index contributed by atoms with van der Waals surface area (Å²) in [7, 11) is 2.80. The molecule has 1 aromatic carbocycles. The zero-order chi connectivity index (χ0) is 13.2. The Hall–Kier alpha value is -1.78. The highest BCUT2D eigenvalue weighted by molar-refractivity contribution is 5.73. The van der Waals surface area contributed by atoms with Gasteiger partial charge in [-0.05, 0) is 19.4 Å². The van der Waals surface area contributed by atoms with Gasteiger partial charge in [-0.25, -0.2) is 4.39 Å². The number of halogens is 1. The number of ether oxygens (including phenoxy) is 2. The molecule has 0 heterocycles. The molecule has 1 aromatic rings. The zero-order valence-corrected chi connectivity index (χ0v) is 10.3. The minimum atomic E-state index is -1.04. The summed E-state index contributed by atoms with van der Waals surface area (Å²) in [5, 5.41) is 8.82. The number of carbonyl (C=O) groups is 1. The van der Waals surface area contributed by atoms with Gasteiger partial charge in [0.25, 0.3) is 0 Å². The molecular formula is C12H15FO4. The van der Waals surface area contributed by atoms with Crippen LogP contribution in [0.15, 0.2) is 0 Å². The van der Waals surface area contributed by atoms with Gasteiger partial charge in [-0.15, -0.1) is 0 Å². The van der Waals surface area contributed by atoms with Gasteiger partial charge in [-0.2, -0.15) is 0 Å². The van der Waals surface area contributed by atoms with Crippen LogP contribution in [0.2, 0.25) is 0 Å². The molecule has 0 spiro atoms. The molecule has 0 atom stereocenters. The number of hydrogen-bond donors (Lipinski definition) is 1. The Labute approximate surface area is 99.0 Å². The van der Waals surface area contributed by atoms with Gasteiger partial charge in [-0.1, -0.05) is 0 Å². The van der Waals surface area contributed by atoms with E-state index in [1.165, 1.54) is 21.1 Å². The number of aliphatic carboxylic acids is 1. The molecule has 94 valence electrons. The summed E-state index contributed by atoms with van der Waals surface area (Å²) >= 11 is 0. The van der Waals surface area contributed by atoms with Gasteiger partial charge in [0.15, 0.2) is 11.5 Å². The first-order valence-corrected chi connectivity index (χ1v) is 5.05. The van der Waals surface area contributed by atoms with Crippen molar-refractivity contribution in [2.75, 3.05) is 14.2 Å². The second-order valence-electron chi connectivity index (χ2n) is 3.68. The van der Waals surface area contributed by atoms with Crippen molar-refractivity contribution in [3.63, 3.8) is 0 Å². The molecule has 0 aliphatic rings. The summed E-state index contributed by atoms with van der Waals surface area (Å²) in [6.45, 7) is 3.09. The lowest BCUT2D eigenvalue weighted by Gasteiger charge is -2.17. The lowest BCUT2D eigenvalue weighted by Crippen LogP contribution is -2.09. The third-order valence-corrected chi connectivity index (χ3v) is 2.67. The molecule has 17 heavy (non-hydrogen) atoms. The van der Waals surface area contributed by atoms with E-state index >= 15 is 0 Å². The standard InChI is InChI=1S/C12H15FO4/c1-6-8(5-9(14)15)12(17-4)11(16-3)7(2)10(6)13/h5H2,1-4H3,(H,14,15). The number of carboxylic acid groups (broad SMARTS) is 1. The SMILES string of the molecule is COc1c(C)c(F)c(C)c(CC(=O)O)c1OC. The Kier molecular flexibility index (Phi) is 3.93. The van der Waals surface area contributed by atoms with Crippen LogP contribution < -0.4 is 9.47 Å². The van der Waals surface area contributed by atoms with E-state index in [1.54, 1.807) is 6.92 Å². The topological polar surface area (TPSA) is 55.8 Å². The Morgan fingerprint density at radius 1 is 1.18 bits per heavy atom. The van der Waals surface area contributed by atoms with Crippen molar-refractivity contribution in [2.24, 2.45) is 0 Å². The van der Waals surface area contributed by atoms with Crippen LogP contribution in [-0.2, 0) is 11.2 Å². The second kappa shape index (κ2) is 5.03. The lowest BCUT2D eigenvalue weighted by atomic mass is 9.99. The van der Waals surface area contributed by atoms with Crippen LogP contribution in [0.25, 0.3) is 0 Å². The zero-order valence-electron chi connectivity index (χ0n) is 10.3. The smallest absolute Gasteiger partial charge is 0.307 e. The fourth-order valence-electron chi connectivity index (χ4n) is 1.82. The molecule has 0 amide bonds. The van der Waals surface area contributed by atoms with E-state index in [1.807, 2.05) is 0 Å². The van der Waals surface area contributed by atoms with E-state index in [9.17, 15) is 9.18 Å². The quantitative estimate of drug-likeness (QED) is 0.878. The third-order valence-electron chi connectivity index (χ3n) is 2.67. The normalized spacial score (nSPS) is 10.2.